The molecule has 0 aliphatic rings. The Morgan fingerprint density at radius 2 is 2.28 bits per heavy atom. The Morgan fingerprint density at radius 3 is 3.06 bits per heavy atom. The fraction of sp³-hybridized carbons (Fsp3) is 0.167. The molecule has 4 N–H and O–H groups in total. The van der Waals surface area contributed by atoms with Crippen LogP contribution in [0.4, 0.5) is 0 Å². The number of H-pyrrole nitrogens is 1. The summed E-state index contributed by atoms with van der Waals surface area (Å²) >= 11 is 0. The topological polar surface area (TPSA) is 101 Å². The van der Waals surface area contributed by atoms with Gasteiger partial charge in [0.2, 0.25) is 5.89 Å². The third-order valence-corrected chi connectivity index (χ3v) is 2.81. The first-order chi connectivity index (χ1) is 8.78. The van der Waals surface area contributed by atoms with Crippen LogP contribution in [0.1, 0.15) is 17.3 Å². The molecular weight excluding hydrogens is 232 g/mol. The maximum atomic E-state index is 9.69. The summed E-state index contributed by atoms with van der Waals surface area (Å²) in [5.41, 5.74) is 7.13. The summed E-state index contributed by atoms with van der Waals surface area (Å²) in [6, 6.07) is 5.37. The smallest absolute Gasteiger partial charge is 0.231 e. The minimum Gasteiger partial charge on any atom is -0.506 e. The van der Waals surface area contributed by atoms with E-state index in [2.05, 4.69) is 15.1 Å². The number of hydrogen-bond acceptors (Lipinski definition) is 5. The van der Waals surface area contributed by atoms with E-state index in [1.54, 1.807) is 12.1 Å². The van der Waals surface area contributed by atoms with Gasteiger partial charge in [0.05, 0.1) is 18.5 Å². The third kappa shape index (κ3) is 1.72. The van der Waals surface area contributed by atoms with E-state index in [0.717, 1.165) is 10.9 Å². The molecule has 6 nitrogen and oxygen atoms in total. The van der Waals surface area contributed by atoms with Crippen LogP contribution in [0, 0.1) is 0 Å². The Hall–Kier alpha value is -2.34. The standard InChI is InChI=1S/C12H12N4O2/c13-5-10-15-11(18-16-10)4-7-6-14-12-8(7)2-1-3-9(12)17/h1-3,6,14,17H,4-5,13H2. The number of fused-ring (bicyclic) bond motifs is 1. The number of benzene rings is 1. The third-order valence-electron chi connectivity index (χ3n) is 2.81. The van der Waals surface area contributed by atoms with Crippen LogP contribution in [0.3, 0.4) is 0 Å². The molecule has 0 aliphatic heterocycles. The first-order valence-electron chi connectivity index (χ1n) is 5.57. The van der Waals surface area contributed by atoms with Gasteiger partial charge in [-0.05, 0) is 11.6 Å². The van der Waals surface area contributed by atoms with Crippen LogP contribution in [0.2, 0.25) is 0 Å². The van der Waals surface area contributed by atoms with Crippen LogP contribution in [0.5, 0.6) is 5.75 Å². The van der Waals surface area contributed by atoms with Gasteiger partial charge in [0.25, 0.3) is 0 Å². The number of rotatable bonds is 3. The van der Waals surface area contributed by atoms with Crippen LogP contribution >= 0.6 is 0 Å². The van der Waals surface area contributed by atoms with Crippen molar-refractivity contribution < 1.29 is 9.63 Å². The molecule has 0 aliphatic carbocycles. The van der Waals surface area contributed by atoms with Crippen LogP contribution in [0.25, 0.3) is 10.9 Å². The number of phenols is 1. The van der Waals surface area contributed by atoms with Crippen molar-refractivity contribution in [2.24, 2.45) is 5.73 Å². The number of nitrogens with two attached hydrogens (primary N) is 1. The SMILES string of the molecule is NCc1noc(Cc2c[nH]c3c(O)cccc23)n1. The number of para-hydroxylation sites is 1. The monoisotopic (exact) mass is 244 g/mol. The van der Waals surface area contributed by atoms with Crippen molar-refractivity contribution in [3.05, 3.63) is 41.7 Å². The van der Waals surface area contributed by atoms with E-state index in [0.29, 0.717) is 23.7 Å². The first-order valence-corrected chi connectivity index (χ1v) is 5.57. The highest BCUT2D eigenvalue weighted by molar-refractivity contribution is 5.88. The Morgan fingerprint density at radius 1 is 1.39 bits per heavy atom. The van der Waals surface area contributed by atoms with Crippen LogP contribution in [-0.4, -0.2) is 20.2 Å². The zero-order valence-electron chi connectivity index (χ0n) is 9.55. The molecule has 1 aromatic carbocycles. The summed E-state index contributed by atoms with van der Waals surface area (Å²) in [6.45, 7) is 0.262. The second-order valence-corrected chi connectivity index (χ2v) is 4.00. The normalized spacial score (nSPS) is 11.2. The lowest BCUT2D eigenvalue weighted by molar-refractivity contribution is 0.380. The van der Waals surface area contributed by atoms with Gasteiger partial charge in [0, 0.05) is 11.6 Å². The molecule has 6 heteroatoms. The Labute approximate surface area is 102 Å². The minimum absolute atomic E-state index is 0.229. The maximum absolute atomic E-state index is 9.69. The molecule has 0 atom stereocenters. The summed E-state index contributed by atoms with van der Waals surface area (Å²) in [7, 11) is 0. The highest BCUT2D eigenvalue weighted by atomic mass is 16.5. The lowest BCUT2D eigenvalue weighted by Crippen LogP contribution is -1.98. The summed E-state index contributed by atoms with van der Waals surface area (Å²) in [6.07, 6.45) is 2.34. The predicted octanol–water partition coefficient (Wildman–Crippen LogP) is 1.31. The van der Waals surface area contributed by atoms with E-state index < -0.39 is 0 Å². The number of hydrogen-bond donors (Lipinski definition) is 3. The summed E-state index contributed by atoms with van der Waals surface area (Å²) in [5, 5.41) is 14.4. The summed E-state index contributed by atoms with van der Waals surface area (Å²) in [5.74, 6) is 1.24. The summed E-state index contributed by atoms with van der Waals surface area (Å²) < 4.78 is 5.09. The van der Waals surface area contributed by atoms with Crippen LogP contribution in [-0.2, 0) is 13.0 Å². The lowest BCUT2D eigenvalue weighted by Gasteiger charge is -1.96. The quantitative estimate of drug-likeness (QED) is 0.644. The van der Waals surface area contributed by atoms with E-state index in [1.165, 1.54) is 0 Å². The fourth-order valence-corrected chi connectivity index (χ4v) is 1.95. The number of phenolic OH excluding ortho intramolecular Hbond substituents is 1. The molecule has 0 fully saturated rings. The minimum atomic E-state index is 0.229. The molecule has 0 amide bonds. The van der Waals surface area contributed by atoms with Crippen molar-refractivity contribution in [2.75, 3.05) is 0 Å². The highest BCUT2D eigenvalue weighted by Crippen LogP contribution is 2.27. The van der Waals surface area contributed by atoms with E-state index in [9.17, 15) is 5.11 Å². The van der Waals surface area contributed by atoms with Crippen molar-refractivity contribution >= 4 is 10.9 Å². The molecule has 0 unspecified atom stereocenters. The van der Waals surface area contributed by atoms with Crippen molar-refractivity contribution in [2.45, 2.75) is 13.0 Å². The molecule has 0 saturated carbocycles. The van der Waals surface area contributed by atoms with Crippen molar-refractivity contribution in [1.29, 1.82) is 0 Å². The van der Waals surface area contributed by atoms with Gasteiger partial charge in [-0.15, -0.1) is 0 Å². The molecule has 0 radical (unpaired) electrons. The van der Waals surface area contributed by atoms with Gasteiger partial charge in [-0.1, -0.05) is 17.3 Å². The largest absolute Gasteiger partial charge is 0.506 e. The van der Waals surface area contributed by atoms with Gasteiger partial charge in [0.1, 0.15) is 5.75 Å². The molecule has 2 heterocycles. The maximum Gasteiger partial charge on any atom is 0.231 e. The number of aromatic nitrogens is 3. The number of aromatic amines is 1. The van der Waals surface area contributed by atoms with Gasteiger partial charge in [0.15, 0.2) is 5.82 Å². The molecule has 3 aromatic rings. The van der Waals surface area contributed by atoms with Crippen LogP contribution in [0.15, 0.2) is 28.9 Å². The molecule has 18 heavy (non-hydrogen) atoms. The highest BCUT2D eigenvalue weighted by Gasteiger charge is 2.11. The van der Waals surface area contributed by atoms with Crippen LogP contribution < -0.4 is 5.73 Å². The molecular formula is C12H12N4O2. The van der Waals surface area contributed by atoms with Crippen molar-refractivity contribution in [3.8, 4) is 5.75 Å². The van der Waals surface area contributed by atoms with Gasteiger partial charge < -0.3 is 20.3 Å². The second kappa shape index (κ2) is 4.15. The number of nitrogens with zero attached hydrogens (tertiary/aromatic N) is 2. The Kier molecular flexibility index (Phi) is 2.49. The first kappa shape index (κ1) is 10.8. The van der Waals surface area contributed by atoms with Crippen molar-refractivity contribution in [3.63, 3.8) is 0 Å². The van der Waals surface area contributed by atoms with E-state index >= 15 is 0 Å². The average molecular weight is 244 g/mol. The number of aromatic hydroxyl groups is 1. The van der Waals surface area contributed by atoms with Gasteiger partial charge in [-0.25, -0.2) is 0 Å². The lowest BCUT2D eigenvalue weighted by atomic mass is 10.1. The molecule has 3 rings (SSSR count). The van der Waals surface area contributed by atoms with E-state index in [4.69, 9.17) is 10.3 Å². The zero-order chi connectivity index (χ0) is 12.5. The Balaban J connectivity index is 1.97. The molecule has 0 spiro atoms. The Bertz CT molecular complexity index is 686. The molecule has 0 bridgehead atoms. The fourth-order valence-electron chi connectivity index (χ4n) is 1.95. The predicted molar refractivity (Wildman–Crippen MR) is 65.0 cm³/mol. The zero-order valence-corrected chi connectivity index (χ0v) is 9.55. The number of nitrogens with one attached hydrogen (secondary N) is 1. The van der Waals surface area contributed by atoms with Gasteiger partial charge >= 0.3 is 0 Å². The molecule has 92 valence electrons. The van der Waals surface area contributed by atoms with Crippen molar-refractivity contribution in [1.82, 2.24) is 15.1 Å². The van der Waals surface area contributed by atoms with Gasteiger partial charge in [-0.3, -0.25) is 0 Å². The average Bonchev–Trinajstić information content (AvgIpc) is 2.98. The second-order valence-electron chi connectivity index (χ2n) is 4.00. The van der Waals surface area contributed by atoms with E-state index in [1.807, 2.05) is 12.3 Å². The summed E-state index contributed by atoms with van der Waals surface area (Å²) in [4.78, 5) is 7.19. The van der Waals surface area contributed by atoms with Gasteiger partial charge in [-0.2, -0.15) is 4.98 Å². The van der Waals surface area contributed by atoms with E-state index in [-0.39, 0.29) is 12.3 Å². The molecule has 2 aromatic heterocycles. The molecule has 0 saturated heterocycles.